The fourth-order valence-corrected chi connectivity index (χ4v) is 9.35. The van der Waals surface area contributed by atoms with Gasteiger partial charge in [-0.2, -0.15) is 0 Å². The molecule has 0 unspecified atom stereocenters. The van der Waals surface area contributed by atoms with E-state index in [9.17, 15) is 0 Å². The highest BCUT2D eigenvalue weighted by Crippen LogP contribution is 2.44. The topological polar surface area (TPSA) is 29.3 Å². The van der Waals surface area contributed by atoms with Gasteiger partial charge in [0.15, 0.2) is 5.58 Å². The number of oxazole rings is 1. The molecule has 0 saturated heterocycles. The summed E-state index contributed by atoms with van der Waals surface area (Å²) in [5.74, 6) is 0.648. The van der Waals surface area contributed by atoms with Gasteiger partial charge < -0.3 is 9.32 Å². The molecule has 4 heteroatoms. The maximum Gasteiger partial charge on any atom is 0.227 e. The molecule has 0 aliphatic rings. The molecule has 2 heterocycles. The van der Waals surface area contributed by atoms with Gasteiger partial charge in [-0.3, -0.25) is 0 Å². The molecule has 57 heavy (non-hydrogen) atoms. The zero-order chi connectivity index (χ0) is 37.7. The van der Waals surface area contributed by atoms with E-state index in [1.54, 1.807) is 0 Å². The van der Waals surface area contributed by atoms with Gasteiger partial charge >= 0.3 is 0 Å². The van der Waals surface area contributed by atoms with Crippen molar-refractivity contribution in [3.05, 3.63) is 206 Å². The second-order valence-electron chi connectivity index (χ2n) is 14.4. The van der Waals surface area contributed by atoms with Crippen molar-refractivity contribution in [3.8, 4) is 44.8 Å². The zero-order valence-electron chi connectivity index (χ0n) is 30.8. The zero-order valence-corrected chi connectivity index (χ0v) is 31.7. The normalized spacial score (nSPS) is 11.5. The van der Waals surface area contributed by atoms with Crippen LogP contribution in [0.3, 0.4) is 0 Å². The van der Waals surface area contributed by atoms with Crippen LogP contribution >= 0.6 is 11.3 Å². The minimum atomic E-state index is 0.648. The fourth-order valence-electron chi connectivity index (χ4n) is 8.10. The Morgan fingerprint density at radius 3 is 1.84 bits per heavy atom. The first kappa shape index (κ1) is 33.1. The molecule has 0 radical (unpaired) electrons. The molecule has 11 aromatic rings. The van der Waals surface area contributed by atoms with Crippen LogP contribution in [0.15, 0.2) is 211 Å². The molecule has 0 bridgehead atoms. The van der Waals surface area contributed by atoms with E-state index in [1.807, 2.05) is 41.7 Å². The summed E-state index contributed by atoms with van der Waals surface area (Å²) in [6.45, 7) is 0. The molecule has 0 N–H and O–H groups in total. The highest BCUT2D eigenvalue weighted by atomic mass is 32.1. The number of nitrogens with zero attached hydrogens (tertiary/aromatic N) is 2. The Balaban J connectivity index is 1.00. The Labute approximate surface area is 334 Å². The van der Waals surface area contributed by atoms with E-state index >= 15 is 0 Å². The van der Waals surface area contributed by atoms with Gasteiger partial charge in [-0.15, -0.1) is 11.3 Å². The van der Waals surface area contributed by atoms with Crippen LogP contribution in [0, 0.1) is 0 Å². The van der Waals surface area contributed by atoms with E-state index in [0.29, 0.717) is 5.89 Å². The van der Waals surface area contributed by atoms with Crippen LogP contribution < -0.4 is 4.90 Å². The lowest BCUT2D eigenvalue weighted by molar-refractivity contribution is 0.620. The van der Waals surface area contributed by atoms with Gasteiger partial charge in [0.05, 0.1) is 0 Å². The van der Waals surface area contributed by atoms with Gasteiger partial charge in [-0.25, -0.2) is 4.98 Å². The van der Waals surface area contributed by atoms with Gasteiger partial charge in [0.2, 0.25) is 5.89 Å². The second-order valence-corrected chi connectivity index (χ2v) is 15.4. The standard InChI is InChI=1S/C53H34N2OS/c1-4-14-36(15-5-1)44-30-29-43(32-47(44)40-24-23-35-13-10-11-18-39(35)31-40)55(41-19-8-3-9-20-41)42-27-25-37(26-28-42)45-21-12-22-46-48-33-50-49(34-51(48)57-52(45)46)54-53(56-50)38-16-6-2-7-17-38/h1-34H. The molecule has 0 spiro atoms. The minimum Gasteiger partial charge on any atom is -0.436 e. The maximum atomic E-state index is 6.27. The van der Waals surface area contributed by atoms with Gasteiger partial charge in [-0.1, -0.05) is 140 Å². The molecule has 2 aromatic heterocycles. The molecule has 268 valence electrons. The number of thiophene rings is 1. The Morgan fingerprint density at radius 1 is 0.404 bits per heavy atom. The number of fused-ring (bicyclic) bond motifs is 5. The average Bonchev–Trinajstić information content (AvgIpc) is 3.87. The molecule has 0 saturated carbocycles. The van der Waals surface area contributed by atoms with Crippen LogP contribution in [0.4, 0.5) is 17.1 Å². The molecule has 11 rings (SSSR count). The molecule has 0 aliphatic carbocycles. The summed E-state index contributed by atoms with van der Waals surface area (Å²) < 4.78 is 8.73. The van der Waals surface area contributed by atoms with E-state index in [4.69, 9.17) is 9.40 Å². The maximum absolute atomic E-state index is 6.27. The van der Waals surface area contributed by atoms with Gasteiger partial charge in [0.1, 0.15) is 5.52 Å². The molecule has 0 atom stereocenters. The quantitative estimate of drug-likeness (QED) is 0.163. The lowest BCUT2D eigenvalue weighted by Gasteiger charge is -2.27. The number of para-hydroxylation sites is 1. The van der Waals surface area contributed by atoms with E-state index in [0.717, 1.165) is 33.7 Å². The first-order chi connectivity index (χ1) is 28.2. The van der Waals surface area contributed by atoms with Crippen molar-refractivity contribution in [2.75, 3.05) is 4.90 Å². The number of anilines is 3. The largest absolute Gasteiger partial charge is 0.436 e. The highest BCUT2D eigenvalue weighted by molar-refractivity contribution is 7.26. The Bertz CT molecular complexity index is 3220. The van der Waals surface area contributed by atoms with Crippen molar-refractivity contribution in [1.29, 1.82) is 0 Å². The van der Waals surface area contributed by atoms with Crippen molar-refractivity contribution in [2.24, 2.45) is 0 Å². The fraction of sp³-hybridized carbons (Fsp3) is 0. The van der Waals surface area contributed by atoms with E-state index in [1.165, 1.54) is 64.3 Å². The average molecular weight is 747 g/mol. The highest BCUT2D eigenvalue weighted by Gasteiger charge is 2.19. The number of rotatable bonds is 7. The van der Waals surface area contributed by atoms with E-state index < -0.39 is 0 Å². The van der Waals surface area contributed by atoms with E-state index in [-0.39, 0.29) is 0 Å². The van der Waals surface area contributed by atoms with Gasteiger partial charge in [0.25, 0.3) is 0 Å². The SMILES string of the molecule is c1ccc(-c2nc3cc4sc5c(-c6ccc(N(c7ccccc7)c7ccc(-c8ccccc8)c(-c8ccc9ccccc9c8)c7)cc6)cccc5c4cc3o2)cc1. The van der Waals surface area contributed by atoms with Crippen molar-refractivity contribution in [1.82, 2.24) is 4.98 Å². The predicted octanol–water partition coefficient (Wildman–Crippen LogP) is 15.5. The minimum absolute atomic E-state index is 0.648. The Hall–Kier alpha value is -7.27. The van der Waals surface area contributed by atoms with Crippen molar-refractivity contribution >= 4 is 70.4 Å². The molecule has 0 fully saturated rings. The lowest BCUT2D eigenvalue weighted by Crippen LogP contribution is -2.10. The van der Waals surface area contributed by atoms with Crippen LogP contribution in [0.1, 0.15) is 0 Å². The molecular weight excluding hydrogens is 713 g/mol. The molecule has 3 nitrogen and oxygen atoms in total. The first-order valence-corrected chi connectivity index (χ1v) is 20.0. The summed E-state index contributed by atoms with van der Waals surface area (Å²) in [6.07, 6.45) is 0. The molecule has 0 aliphatic heterocycles. The summed E-state index contributed by atoms with van der Waals surface area (Å²) in [6, 6.07) is 73.6. The monoisotopic (exact) mass is 746 g/mol. The summed E-state index contributed by atoms with van der Waals surface area (Å²) in [5, 5.41) is 4.88. The van der Waals surface area contributed by atoms with Gasteiger partial charge in [0, 0.05) is 42.8 Å². The van der Waals surface area contributed by atoms with Crippen LogP contribution in [0.2, 0.25) is 0 Å². The Morgan fingerprint density at radius 2 is 1.05 bits per heavy atom. The van der Waals surface area contributed by atoms with Crippen molar-refractivity contribution < 1.29 is 4.42 Å². The first-order valence-electron chi connectivity index (χ1n) is 19.2. The molecule has 9 aromatic carbocycles. The summed E-state index contributed by atoms with van der Waals surface area (Å²) in [7, 11) is 0. The third kappa shape index (κ3) is 5.95. The third-order valence-corrected chi connectivity index (χ3v) is 12.1. The van der Waals surface area contributed by atoms with Crippen molar-refractivity contribution in [3.63, 3.8) is 0 Å². The summed E-state index contributed by atoms with van der Waals surface area (Å²) in [5.41, 5.74) is 13.1. The number of hydrogen-bond donors (Lipinski definition) is 0. The summed E-state index contributed by atoms with van der Waals surface area (Å²) >= 11 is 1.81. The van der Waals surface area contributed by atoms with Crippen molar-refractivity contribution in [2.45, 2.75) is 0 Å². The van der Waals surface area contributed by atoms with Crippen LogP contribution in [-0.4, -0.2) is 4.98 Å². The molecule has 0 amide bonds. The molecular formula is C53H34N2OS. The van der Waals surface area contributed by atoms with Crippen LogP contribution in [-0.2, 0) is 0 Å². The number of benzene rings is 9. The van der Waals surface area contributed by atoms with Crippen LogP contribution in [0.25, 0.3) is 86.9 Å². The number of aromatic nitrogens is 1. The smallest absolute Gasteiger partial charge is 0.227 e. The summed E-state index contributed by atoms with van der Waals surface area (Å²) in [4.78, 5) is 7.21. The van der Waals surface area contributed by atoms with E-state index in [2.05, 4.69) is 181 Å². The second kappa shape index (κ2) is 13.8. The lowest BCUT2D eigenvalue weighted by atomic mass is 9.92. The van der Waals surface area contributed by atoms with Gasteiger partial charge in [-0.05, 0) is 111 Å². The van der Waals surface area contributed by atoms with Crippen LogP contribution in [0.5, 0.6) is 0 Å². The third-order valence-electron chi connectivity index (χ3n) is 10.9. The number of hydrogen-bond acceptors (Lipinski definition) is 4. The predicted molar refractivity (Wildman–Crippen MR) is 241 cm³/mol. The Kier molecular flexibility index (Phi) is 8.01.